The van der Waals surface area contributed by atoms with Gasteiger partial charge in [0.25, 0.3) is 0 Å². The van der Waals surface area contributed by atoms with E-state index in [1.807, 2.05) is 37.4 Å². The maximum atomic E-state index is 12.2. The highest BCUT2D eigenvalue weighted by Gasteiger charge is 2.13. The zero-order chi connectivity index (χ0) is 20.6. The minimum Gasteiger partial charge on any atom is -0.383 e. The van der Waals surface area contributed by atoms with Crippen LogP contribution in [-0.2, 0) is 22.5 Å². The van der Waals surface area contributed by atoms with Crippen molar-refractivity contribution in [1.82, 2.24) is 25.1 Å². The lowest BCUT2D eigenvalue weighted by Gasteiger charge is -2.09. The van der Waals surface area contributed by atoms with Gasteiger partial charge in [-0.3, -0.25) is 4.79 Å². The predicted octanol–water partition coefficient (Wildman–Crippen LogP) is 2.27. The highest BCUT2D eigenvalue weighted by atomic mass is 32.2. The van der Waals surface area contributed by atoms with E-state index in [1.54, 1.807) is 18.0 Å². The number of thioether (sulfide) groups is 1. The highest BCUT2D eigenvalue weighted by Crippen LogP contribution is 2.23. The number of anilines is 1. The number of hydrogen-bond acceptors (Lipinski definition) is 7. The van der Waals surface area contributed by atoms with Gasteiger partial charge in [-0.2, -0.15) is 5.10 Å². The number of carbonyl (C=O) groups is 1. The molecule has 0 saturated heterocycles. The van der Waals surface area contributed by atoms with Crippen LogP contribution in [0.25, 0.3) is 11.0 Å². The van der Waals surface area contributed by atoms with E-state index in [4.69, 9.17) is 4.74 Å². The first-order valence-electron chi connectivity index (χ1n) is 9.43. The van der Waals surface area contributed by atoms with Crippen molar-refractivity contribution in [3.8, 4) is 0 Å². The van der Waals surface area contributed by atoms with Crippen LogP contribution < -0.4 is 10.6 Å². The molecule has 154 valence electrons. The van der Waals surface area contributed by atoms with Crippen molar-refractivity contribution in [3.63, 3.8) is 0 Å². The van der Waals surface area contributed by atoms with E-state index in [0.29, 0.717) is 37.8 Å². The summed E-state index contributed by atoms with van der Waals surface area (Å²) < 4.78 is 6.89. The van der Waals surface area contributed by atoms with Crippen LogP contribution in [0.2, 0.25) is 0 Å². The molecule has 0 unspecified atom stereocenters. The second-order valence-corrected chi connectivity index (χ2v) is 7.37. The predicted molar refractivity (Wildman–Crippen MR) is 115 cm³/mol. The Labute approximate surface area is 174 Å². The number of benzene rings is 1. The van der Waals surface area contributed by atoms with Gasteiger partial charge in [-0.15, -0.1) is 0 Å². The van der Waals surface area contributed by atoms with Crippen molar-refractivity contribution >= 4 is 34.5 Å². The van der Waals surface area contributed by atoms with Crippen LogP contribution in [0, 0.1) is 6.92 Å². The third-order valence-electron chi connectivity index (χ3n) is 4.35. The van der Waals surface area contributed by atoms with Crippen molar-refractivity contribution in [3.05, 3.63) is 41.6 Å². The molecule has 29 heavy (non-hydrogen) atoms. The van der Waals surface area contributed by atoms with Gasteiger partial charge < -0.3 is 15.4 Å². The minimum atomic E-state index is -0.00610. The first kappa shape index (κ1) is 21.1. The number of nitrogens with zero attached hydrogens (tertiary/aromatic N) is 4. The van der Waals surface area contributed by atoms with Crippen molar-refractivity contribution in [2.45, 2.75) is 25.0 Å². The van der Waals surface area contributed by atoms with Gasteiger partial charge in [0, 0.05) is 20.2 Å². The molecule has 2 N–H and O–H groups in total. The zero-order valence-corrected chi connectivity index (χ0v) is 17.8. The van der Waals surface area contributed by atoms with Crippen molar-refractivity contribution in [2.24, 2.45) is 0 Å². The SMILES string of the molecule is COCCNc1nc(SC)nc2c1cnn2CCNC(=O)Cc1cccc(C)c1. The fraction of sp³-hybridized carbons (Fsp3) is 0.400. The van der Waals surface area contributed by atoms with Gasteiger partial charge >= 0.3 is 0 Å². The average Bonchev–Trinajstić information content (AvgIpc) is 3.11. The summed E-state index contributed by atoms with van der Waals surface area (Å²) >= 11 is 1.48. The topological polar surface area (TPSA) is 94.0 Å². The van der Waals surface area contributed by atoms with Crippen molar-refractivity contribution < 1.29 is 9.53 Å². The van der Waals surface area contributed by atoms with Crippen LogP contribution in [0.15, 0.2) is 35.6 Å². The molecule has 3 rings (SSSR count). The molecule has 0 aliphatic carbocycles. The normalized spacial score (nSPS) is 11.0. The summed E-state index contributed by atoms with van der Waals surface area (Å²) in [4.78, 5) is 21.3. The molecule has 1 amide bonds. The van der Waals surface area contributed by atoms with E-state index in [1.165, 1.54) is 11.8 Å². The van der Waals surface area contributed by atoms with Crippen molar-refractivity contribution in [1.29, 1.82) is 0 Å². The summed E-state index contributed by atoms with van der Waals surface area (Å²) in [7, 11) is 1.66. The summed E-state index contributed by atoms with van der Waals surface area (Å²) in [5.41, 5.74) is 2.91. The molecule has 0 aliphatic rings. The zero-order valence-electron chi connectivity index (χ0n) is 16.9. The third kappa shape index (κ3) is 5.68. The molecule has 8 nitrogen and oxygen atoms in total. The monoisotopic (exact) mass is 414 g/mol. The summed E-state index contributed by atoms with van der Waals surface area (Å²) in [6.07, 6.45) is 4.06. The molecule has 2 aromatic heterocycles. The summed E-state index contributed by atoms with van der Waals surface area (Å²) in [5.74, 6) is 0.736. The van der Waals surface area contributed by atoms with Gasteiger partial charge in [0.15, 0.2) is 10.8 Å². The lowest BCUT2D eigenvalue weighted by Crippen LogP contribution is -2.29. The molecule has 9 heteroatoms. The second kappa shape index (κ2) is 10.2. The number of carbonyl (C=O) groups excluding carboxylic acids is 1. The van der Waals surface area contributed by atoms with Crippen LogP contribution in [0.4, 0.5) is 5.82 Å². The number of amides is 1. The van der Waals surface area contributed by atoms with Gasteiger partial charge in [-0.1, -0.05) is 41.6 Å². The molecular weight excluding hydrogens is 388 g/mol. The first-order valence-corrected chi connectivity index (χ1v) is 10.7. The third-order valence-corrected chi connectivity index (χ3v) is 4.90. The Morgan fingerprint density at radius 3 is 2.90 bits per heavy atom. The van der Waals surface area contributed by atoms with Crippen LogP contribution >= 0.6 is 11.8 Å². The summed E-state index contributed by atoms with van der Waals surface area (Å²) in [5, 5.41) is 12.2. The first-order chi connectivity index (χ1) is 14.1. The average molecular weight is 415 g/mol. The van der Waals surface area contributed by atoms with Gasteiger partial charge in [-0.05, 0) is 18.7 Å². The Balaban J connectivity index is 1.64. The largest absolute Gasteiger partial charge is 0.383 e. The molecule has 1 aromatic carbocycles. The number of hydrogen-bond donors (Lipinski definition) is 2. The number of rotatable bonds is 10. The number of methoxy groups -OCH3 is 1. The molecule has 3 aromatic rings. The van der Waals surface area contributed by atoms with E-state index in [0.717, 1.165) is 28.0 Å². The van der Waals surface area contributed by atoms with E-state index in [9.17, 15) is 4.79 Å². The lowest BCUT2D eigenvalue weighted by molar-refractivity contribution is -0.120. The standard InChI is InChI=1S/C20H26N6O2S/c1-14-5-4-6-15(11-14)12-17(27)21-7-9-26-19-16(13-23-26)18(22-8-10-28-2)24-20(25-19)29-3/h4-6,11,13H,7-10,12H2,1-3H3,(H,21,27)(H,22,24,25). The number of aryl methyl sites for hydroxylation is 1. The number of aromatic nitrogens is 4. The number of ether oxygens (including phenoxy) is 1. The second-order valence-electron chi connectivity index (χ2n) is 6.60. The highest BCUT2D eigenvalue weighted by molar-refractivity contribution is 7.98. The Kier molecular flexibility index (Phi) is 7.42. The Morgan fingerprint density at radius 1 is 1.28 bits per heavy atom. The van der Waals surface area contributed by atoms with Gasteiger partial charge in [0.1, 0.15) is 5.82 Å². The van der Waals surface area contributed by atoms with Crippen molar-refractivity contribution in [2.75, 3.05) is 38.4 Å². The van der Waals surface area contributed by atoms with E-state index in [2.05, 4.69) is 25.7 Å². The van der Waals surface area contributed by atoms with Gasteiger partial charge in [0.05, 0.1) is 31.2 Å². The fourth-order valence-electron chi connectivity index (χ4n) is 2.97. The molecule has 0 saturated carbocycles. The van der Waals surface area contributed by atoms with Gasteiger partial charge in [0.2, 0.25) is 5.91 Å². The Bertz CT molecular complexity index is 975. The molecule has 0 spiro atoms. The van der Waals surface area contributed by atoms with E-state index in [-0.39, 0.29) is 5.91 Å². The molecule has 0 fully saturated rings. The van der Waals surface area contributed by atoms with Crippen LogP contribution in [0.3, 0.4) is 0 Å². The molecule has 0 radical (unpaired) electrons. The van der Waals surface area contributed by atoms with Crippen LogP contribution in [0.5, 0.6) is 0 Å². The molecule has 2 heterocycles. The smallest absolute Gasteiger partial charge is 0.224 e. The Morgan fingerprint density at radius 2 is 2.14 bits per heavy atom. The lowest BCUT2D eigenvalue weighted by atomic mass is 10.1. The Hall–Kier alpha value is -2.65. The van der Waals surface area contributed by atoms with Crippen LogP contribution in [0.1, 0.15) is 11.1 Å². The minimum absolute atomic E-state index is 0.00610. The van der Waals surface area contributed by atoms with Gasteiger partial charge in [-0.25, -0.2) is 14.6 Å². The number of nitrogens with one attached hydrogen (secondary N) is 2. The molecular formula is C20H26N6O2S. The van der Waals surface area contributed by atoms with E-state index >= 15 is 0 Å². The van der Waals surface area contributed by atoms with Crippen LogP contribution in [-0.4, -0.2) is 58.7 Å². The quantitative estimate of drug-likeness (QED) is 0.299. The van der Waals surface area contributed by atoms with E-state index < -0.39 is 0 Å². The maximum Gasteiger partial charge on any atom is 0.224 e. The summed E-state index contributed by atoms with van der Waals surface area (Å²) in [6, 6.07) is 7.98. The molecule has 0 atom stereocenters. The maximum absolute atomic E-state index is 12.2. The summed E-state index contributed by atoms with van der Waals surface area (Å²) in [6.45, 7) is 4.27. The number of fused-ring (bicyclic) bond motifs is 1. The fourth-order valence-corrected chi connectivity index (χ4v) is 3.33. The molecule has 0 aliphatic heterocycles. The molecule has 0 bridgehead atoms.